The van der Waals surface area contributed by atoms with E-state index < -0.39 is 12.0 Å². The molecule has 0 amide bonds. The van der Waals surface area contributed by atoms with Crippen molar-refractivity contribution >= 4 is 22.4 Å². The van der Waals surface area contributed by atoms with E-state index in [9.17, 15) is 19.8 Å². The second kappa shape index (κ2) is 8.14. The normalized spacial score (nSPS) is 13.1. The molecular weight excluding hydrogens is 360 g/mol. The van der Waals surface area contributed by atoms with Crippen LogP contribution in [0, 0.1) is 0 Å². The Balaban J connectivity index is 1.97. The van der Waals surface area contributed by atoms with Gasteiger partial charge in [-0.2, -0.15) is 0 Å². The fourth-order valence-corrected chi connectivity index (χ4v) is 3.14. The Labute approximate surface area is 161 Å². The van der Waals surface area contributed by atoms with E-state index in [-0.39, 0.29) is 18.1 Å². The van der Waals surface area contributed by atoms with Crippen LogP contribution >= 0.6 is 0 Å². The van der Waals surface area contributed by atoms with Crippen molar-refractivity contribution in [1.82, 2.24) is 4.98 Å². The first-order valence-electron chi connectivity index (χ1n) is 8.84. The van der Waals surface area contributed by atoms with Crippen LogP contribution in [-0.2, 0) is 4.79 Å². The molecule has 2 aromatic carbocycles. The van der Waals surface area contributed by atoms with Gasteiger partial charge in [0.1, 0.15) is 5.75 Å². The molecule has 2 atom stereocenters. The van der Waals surface area contributed by atoms with Gasteiger partial charge in [0.15, 0.2) is 6.04 Å². The Kier molecular flexibility index (Phi) is 5.65. The molecule has 0 fully saturated rings. The Morgan fingerprint density at radius 2 is 2.00 bits per heavy atom. The van der Waals surface area contributed by atoms with Crippen molar-refractivity contribution in [2.45, 2.75) is 18.9 Å². The lowest BCUT2D eigenvalue weighted by atomic mass is 9.96. The summed E-state index contributed by atoms with van der Waals surface area (Å²) in [6.45, 7) is 1.82. The molecule has 0 radical (unpaired) electrons. The van der Waals surface area contributed by atoms with Gasteiger partial charge in [0.2, 0.25) is 0 Å². The minimum atomic E-state index is -1.06. The number of pyridine rings is 1. The number of ether oxygens (including phenoxy) is 1. The predicted molar refractivity (Wildman–Crippen MR) is 107 cm³/mol. The molecule has 0 aliphatic rings. The molecule has 0 bridgehead atoms. The molecule has 3 aromatic rings. The average molecular weight is 382 g/mol. The highest BCUT2D eigenvalue weighted by atomic mass is 16.5. The smallest absolute Gasteiger partial charge is 0.330 e. The summed E-state index contributed by atoms with van der Waals surface area (Å²) in [4.78, 5) is 26.5. The van der Waals surface area contributed by atoms with Crippen LogP contribution < -0.4 is 15.6 Å². The molecule has 7 heteroatoms. The number of rotatable bonds is 7. The lowest BCUT2D eigenvalue weighted by molar-refractivity contribution is -0.138. The predicted octanol–water partition coefficient (Wildman–Crippen LogP) is 2.87. The zero-order valence-electron chi connectivity index (χ0n) is 15.6. The summed E-state index contributed by atoms with van der Waals surface area (Å²) in [5.41, 5.74) is 1.58. The molecule has 0 saturated heterocycles. The molecule has 3 rings (SSSR count). The van der Waals surface area contributed by atoms with E-state index in [0.717, 1.165) is 10.9 Å². The number of aromatic nitrogens is 1. The number of anilines is 1. The largest absolute Gasteiger partial charge is 0.496 e. The molecule has 0 aliphatic carbocycles. The maximum atomic E-state index is 12.0. The van der Waals surface area contributed by atoms with E-state index in [1.807, 2.05) is 6.92 Å². The van der Waals surface area contributed by atoms with Gasteiger partial charge < -0.3 is 25.3 Å². The van der Waals surface area contributed by atoms with E-state index in [1.54, 1.807) is 48.7 Å². The number of H-pyrrole nitrogens is 1. The van der Waals surface area contributed by atoms with Gasteiger partial charge >= 0.3 is 5.97 Å². The highest BCUT2D eigenvalue weighted by Crippen LogP contribution is 2.31. The van der Waals surface area contributed by atoms with Crippen molar-refractivity contribution in [2.24, 2.45) is 0 Å². The first-order valence-corrected chi connectivity index (χ1v) is 8.84. The van der Waals surface area contributed by atoms with Crippen molar-refractivity contribution in [3.05, 3.63) is 70.1 Å². The summed E-state index contributed by atoms with van der Waals surface area (Å²) < 4.78 is 5.39. The number of carboxylic acid groups (broad SMARTS) is 1. The fourth-order valence-electron chi connectivity index (χ4n) is 3.14. The second-order valence-corrected chi connectivity index (χ2v) is 6.61. The van der Waals surface area contributed by atoms with Gasteiger partial charge in [-0.05, 0) is 40.8 Å². The zero-order chi connectivity index (χ0) is 20.3. The third-order valence-corrected chi connectivity index (χ3v) is 4.73. The van der Waals surface area contributed by atoms with Gasteiger partial charge in [0, 0.05) is 29.8 Å². The van der Waals surface area contributed by atoms with Crippen LogP contribution in [0.4, 0.5) is 5.69 Å². The summed E-state index contributed by atoms with van der Waals surface area (Å²) >= 11 is 0. The SMILES string of the molecule is COc1cc(C(Nc2ccc3cc[nH]c(=O)c3c2)C(=O)O)ccc1[C@@H](C)CO. The lowest BCUT2D eigenvalue weighted by Crippen LogP contribution is -2.21. The number of benzene rings is 2. The van der Waals surface area contributed by atoms with E-state index >= 15 is 0 Å². The molecule has 0 saturated carbocycles. The van der Waals surface area contributed by atoms with Gasteiger partial charge in [0.05, 0.1) is 7.11 Å². The lowest BCUT2D eigenvalue weighted by Gasteiger charge is -2.20. The third-order valence-electron chi connectivity index (χ3n) is 4.73. The fraction of sp³-hybridized carbons (Fsp3) is 0.238. The van der Waals surface area contributed by atoms with E-state index in [1.165, 1.54) is 7.11 Å². The van der Waals surface area contributed by atoms with E-state index in [0.29, 0.717) is 22.4 Å². The van der Waals surface area contributed by atoms with Gasteiger partial charge in [0.25, 0.3) is 5.56 Å². The number of hydrogen-bond acceptors (Lipinski definition) is 5. The molecular formula is C21H22N2O5. The number of nitrogens with one attached hydrogen (secondary N) is 2. The molecule has 1 unspecified atom stereocenters. The number of aliphatic hydroxyl groups is 1. The molecule has 0 aliphatic heterocycles. The third kappa shape index (κ3) is 3.84. The summed E-state index contributed by atoms with van der Waals surface area (Å²) in [5.74, 6) is -0.679. The van der Waals surface area contributed by atoms with Crippen LogP contribution in [0.5, 0.6) is 5.75 Å². The number of aromatic amines is 1. The molecule has 7 nitrogen and oxygen atoms in total. The minimum Gasteiger partial charge on any atom is -0.496 e. The second-order valence-electron chi connectivity index (χ2n) is 6.61. The summed E-state index contributed by atoms with van der Waals surface area (Å²) in [7, 11) is 1.51. The summed E-state index contributed by atoms with van der Waals surface area (Å²) in [5, 5.41) is 23.3. The number of methoxy groups -OCH3 is 1. The van der Waals surface area contributed by atoms with E-state index in [2.05, 4.69) is 10.3 Å². The van der Waals surface area contributed by atoms with E-state index in [4.69, 9.17) is 4.74 Å². The van der Waals surface area contributed by atoms with Crippen LogP contribution in [0.2, 0.25) is 0 Å². The number of aliphatic carboxylic acids is 1. The summed E-state index contributed by atoms with van der Waals surface area (Å²) in [6.07, 6.45) is 1.57. The summed E-state index contributed by atoms with van der Waals surface area (Å²) in [6, 6.07) is 11.0. The Morgan fingerprint density at radius 1 is 1.21 bits per heavy atom. The minimum absolute atomic E-state index is 0.0397. The van der Waals surface area contributed by atoms with Crippen molar-refractivity contribution < 1.29 is 19.7 Å². The van der Waals surface area contributed by atoms with Crippen LogP contribution in [-0.4, -0.2) is 34.9 Å². The number of carboxylic acids is 1. The number of carbonyl (C=O) groups is 1. The Morgan fingerprint density at radius 3 is 2.68 bits per heavy atom. The van der Waals surface area contributed by atoms with Crippen LogP contribution in [0.3, 0.4) is 0 Å². The maximum Gasteiger partial charge on any atom is 0.330 e. The Hall–Kier alpha value is -3.32. The molecule has 4 N–H and O–H groups in total. The monoisotopic (exact) mass is 382 g/mol. The average Bonchev–Trinajstić information content (AvgIpc) is 2.71. The maximum absolute atomic E-state index is 12.0. The van der Waals surface area contributed by atoms with Gasteiger partial charge in [-0.1, -0.05) is 25.1 Å². The topological polar surface area (TPSA) is 112 Å². The number of fused-ring (bicyclic) bond motifs is 1. The van der Waals surface area contributed by atoms with Crippen molar-refractivity contribution in [2.75, 3.05) is 19.0 Å². The Bertz CT molecular complexity index is 1060. The molecule has 28 heavy (non-hydrogen) atoms. The van der Waals surface area contributed by atoms with Crippen molar-refractivity contribution in [1.29, 1.82) is 0 Å². The highest BCUT2D eigenvalue weighted by Gasteiger charge is 2.22. The quantitative estimate of drug-likeness (QED) is 0.500. The van der Waals surface area contributed by atoms with Crippen LogP contribution in [0.1, 0.15) is 30.0 Å². The van der Waals surface area contributed by atoms with Crippen LogP contribution in [0.25, 0.3) is 10.8 Å². The molecule has 1 heterocycles. The van der Waals surface area contributed by atoms with Crippen molar-refractivity contribution in [3.8, 4) is 5.75 Å². The first-order chi connectivity index (χ1) is 13.4. The number of hydrogen-bond donors (Lipinski definition) is 4. The highest BCUT2D eigenvalue weighted by molar-refractivity contribution is 5.86. The van der Waals surface area contributed by atoms with Gasteiger partial charge in [-0.15, -0.1) is 0 Å². The van der Waals surface area contributed by atoms with Gasteiger partial charge in [-0.3, -0.25) is 4.79 Å². The standard InChI is InChI=1S/C21H22N2O5/c1-12(11-24)16-6-4-14(9-18(16)28-2)19(21(26)27)23-15-5-3-13-7-8-22-20(25)17(13)10-15/h3-10,12,19,23-24H,11H2,1-2H3,(H,22,25)(H,26,27)/t12-,19?/m0/s1. The van der Waals surface area contributed by atoms with Crippen molar-refractivity contribution in [3.63, 3.8) is 0 Å². The number of aliphatic hydroxyl groups excluding tert-OH is 1. The molecule has 0 spiro atoms. The zero-order valence-corrected chi connectivity index (χ0v) is 15.6. The first kappa shape index (κ1) is 19.4. The molecule has 1 aromatic heterocycles. The van der Waals surface area contributed by atoms with Gasteiger partial charge in [-0.25, -0.2) is 4.79 Å². The molecule has 146 valence electrons. The van der Waals surface area contributed by atoms with Crippen LogP contribution in [0.15, 0.2) is 53.5 Å².